The fraction of sp³-hybridized carbons (Fsp3) is 0.0769. The molecular formula is C13H13N3O2. The van der Waals surface area contributed by atoms with Crippen molar-refractivity contribution in [1.82, 2.24) is 4.98 Å². The molecule has 0 fully saturated rings. The molecule has 0 unspecified atom stereocenters. The van der Waals surface area contributed by atoms with Crippen LogP contribution in [0.5, 0.6) is 11.6 Å². The van der Waals surface area contributed by atoms with Crippen molar-refractivity contribution in [3.05, 3.63) is 53.7 Å². The third kappa shape index (κ3) is 2.40. The van der Waals surface area contributed by atoms with E-state index in [2.05, 4.69) is 10.1 Å². The molecule has 0 saturated carbocycles. The van der Waals surface area contributed by atoms with Crippen LogP contribution >= 0.6 is 0 Å². The largest absolute Gasteiger partial charge is 0.438 e. The molecule has 2 aromatic rings. The first-order valence-corrected chi connectivity index (χ1v) is 5.39. The lowest BCUT2D eigenvalue weighted by Gasteiger charge is -2.10. The molecule has 0 spiro atoms. The second-order valence-corrected chi connectivity index (χ2v) is 3.71. The lowest BCUT2D eigenvalue weighted by Crippen LogP contribution is -2.16. The molecule has 92 valence electrons. The molecule has 5 nitrogen and oxygen atoms in total. The maximum atomic E-state index is 8.78. The monoisotopic (exact) mass is 243 g/mol. The summed E-state index contributed by atoms with van der Waals surface area (Å²) in [5.41, 5.74) is 6.94. The van der Waals surface area contributed by atoms with E-state index in [4.69, 9.17) is 15.7 Å². The predicted molar refractivity (Wildman–Crippen MR) is 68.0 cm³/mol. The van der Waals surface area contributed by atoms with E-state index in [9.17, 15) is 0 Å². The van der Waals surface area contributed by atoms with Gasteiger partial charge in [0.25, 0.3) is 0 Å². The zero-order valence-corrected chi connectivity index (χ0v) is 9.87. The highest BCUT2D eigenvalue weighted by molar-refractivity contribution is 6.00. The Morgan fingerprint density at radius 2 is 2.00 bits per heavy atom. The van der Waals surface area contributed by atoms with Gasteiger partial charge in [0.05, 0.1) is 5.56 Å². The minimum absolute atomic E-state index is 0.0217. The average molecular weight is 243 g/mol. The molecule has 2 rings (SSSR count). The zero-order valence-electron chi connectivity index (χ0n) is 9.87. The van der Waals surface area contributed by atoms with Crippen LogP contribution in [0.1, 0.15) is 11.1 Å². The number of para-hydroxylation sites is 1. The molecular weight excluding hydrogens is 230 g/mol. The Balaban J connectivity index is 2.42. The highest BCUT2D eigenvalue weighted by Gasteiger charge is 2.13. The Morgan fingerprint density at radius 3 is 2.67 bits per heavy atom. The fourth-order valence-corrected chi connectivity index (χ4v) is 1.57. The van der Waals surface area contributed by atoms with Crippen molar-refractivity contribution in [3.8, 4) is 11.6 Å². The van der Waals surface area contributed by atoms with Gasteiger partial charge in [0.2, 0.25) is 5.88 Å². The van der Waals surface area contributed by atoms with Crippen molar-refractivity contribution < 1.29 is 9.94 Å². The van der Waals surface area contributed by atoms with Crippen molar-refractivity contribution in [2.45, 2.75) is 6.92 Å². The van der Waals surface area contributed by atoms with Gasteiger partial charge in [-0.2, -0.15) is 0 Å². The Morgan fingerprint density at radius 1 is 1.28 bits per heavy atom. The van der Waals surface area contributed by atoms with Gasteiger partial charge in [0.1, 0.15) is 5.75 Å². The van der Waals surface area contributed by atoms with E-state index in [0.29, 0.717) is 17.2 Å². The minimum Gasteiger partial charge on any atom is -0.438 e. The van der Waals surface area contributed by atoms with Gasteiger partial charge in [-0.1, -0.05) is 23.4 Å². The highest BCUT2D eigenvalue weighted by Crippen LogP contribution is 2.24. The fourth-order valence-electron chi connectivity index (χ4n) is 1.57. The van der Waals surface area contributed by atoms with E-state index in [-0.39, 0.29) is 5.84 Å². The molecule has 1 aromatic heterocycles. The Hall–Kier alpha value is -2.56. The molecule has 18 heavy (non-hydrogen) atoms. The van der Waals surface area contributed by atoms with E-state index in [0.717, 1.165) is 5.56 Å². The van der Waals surface area contributed by atoms with E-state index in [1.165, 1.54) is 0 Å². The number of aryl methyl sites for hydroxylation is 1. The third-order valence-corrected chi connectivity index (χ3v) is 2.45. The van der Waals surface area contributed by atoms with Crippen LogP contribution in [-0.2, 0) is 0 Å². The standard InChI is InChI=1S/C13H13N3O2/c1-9-7-8-15-13(11(9)12(14)16-17)18-10-5-3-2-4-6-10/h2-8,17H,1H3,(H2,14,16). The van der Waals surface area contributed by atoms with Gasteiger partial charge < -0.3 is 15.7 Å². The second-order valence-electron chi connectivity index (χ2n) is 3.71. The van der Waals surface area contributed by atoms with Crippen LogP contribution in [0.25, 0.3) is 0 Å². The highest BCUT2D eigenvalue weighted by atomic mass is 16.5. The quantitative estimate of drug-likeness (QED) is 0.375. The van der Waals surface area contributed by atoms with Crippen molar-refractivity contribution in [1.29, 1.82) is 0 Å². The lowest BCUT2D eigenvalue weighted by atomic mass is 10.1. The Bertz CT molecular complexity index is 568. The van der Waals surface area contributed by atoms with Crippen LogP contribution in [0.3, 0.4) is 0 Å². The Labute approximate surface area is 105 Å². The van der Waals surface area contributed by atoms with Crippen LogP contribution in [0.15, 0.2) is 47.8 Å². The summed E-state index contributed by atoms with van der Waals surface area (Å²) in [6.45, 7) is 1.84. The van der Waals surface area contributed by atoms with E-state index < -0.39 is 0 Å². The molecule has 1 aromatic carbocycles. The SMILES string of the molecule is Cc1ccnc(Oc2ccccc2)c1/C(N)=N/O. The van der Waals surface area contributed by atoms with Gasteiger partial charge in [0, 0.05) is 6.20 Å². The average Bonchev–Trinajstić information content (AvgIpc) is 2.39. The molecule has 0 aliphatic rings. The number of rotatable bonds is 3. The lowest BCUT2D eigenvalue weighted by molar-refractivity contribution is 0.318. The third-order valence-electron chi connectivity index (χ3n) is 2.45. The first kappa shape index (κ1) is 11.9. The van der Waals surface area contributed by atoms with Crippen LogP contribution in [0.2, 0.25) is 0 Å². The molecule has 0 radical (unpaired) electrons. The minimum atomic E-state index is -0.0217. The normalized spacial score (nSPS) is 11.3. The Kier molecular flexibility index (Phi) is 3.43. The van der Waals surface area contributed by atoms with E-state index in [1.807, 2.05) is 25.1 Å². The van der Waals surface area contributed by atoms with Gasteiger partial charge in [0.15, 0.2) is 5.84 Å². The molecule has 0 amide bonds. The van der Waals surface area contributed by atoms with Crippen molar-refractivity contribution >= 4 is 5.84 Å². The predicted octanol–water partition coefficient (Wildman–Crippen LogP) is 2.28. The van der Waals surface area contributed by atoms with Gasteiger partial charge in [-0.3, -0.25) is 0 Å². The van der Waals surface area contributed by atoms with Gasteiger partial charge in [-0.25, -0.2) is 4.98 Å². The van der Waals surface area contributed by atoms with Crippen molar-refractivity contribution in [2.24, 2.45) is 10.9 Å². The number of aromatic nitrogens is 1. The van der Waals surface area contributed by atoms with Crippen LogP contribution in [-0.4, -0.2) is 16.0 Å². The maximum Gasteiger partial charge on any atom is 0.230 e. The molecule has 3 N–H and O–H groups in total. The van der Waals surface area contributed by atoms with Crippen LogP contribution in [0, 0.1) is 6.92 Å². The van der Waals surface area contributed by atoms with Crippen molar-refractivity contribution in [2.75, 3.05) is 0 Å². The molecule has 0 bridgehead atoms. The number of nitrogens with zero attached hydrogens (tertiary/aromatic N) is 2. The molecule has 1 heterocycles. The molecule has 0 aliphatic heterocycles. The summed E-state index contributed by atoms with van der Waals surface area (Å²) in [5, 5.41) is 11.8. The molecule has 5 heteroatoms. The summed E-state index contributed by atoms with van der Waals surface area (Å²) in [4.78, 5) is 4.11. The maximum absolute atomic E-state index is 8.78. The van der Waals surface area contributed by atoms with Gasteiger partial charge in [-0.15, -0.1) is 0 Å². The summed E-state index contributed by atoms with van der Waals surface area (Å²) in [6.07, 6.45) is 1.61. The summed E-state index contributed by atoms with van der Waals surface area (Å²) < 4.78 is 5.63. The topological polar surface area (TPSA) is 80.7 Å². The zero-order chi connectivity index (χ0) is 13.0. The number of ether oxygens (including phenoxy) is 1. The number of oxime groups is 1. The second kappa shape index (κ2) is 5.18. The number of hydrogen-bond donors (Lipinski definition) is 2. The van der Waals surface area contributed by atoms with E-state index >= 15 is 0 Å². The molecule has 0 atom stereocenters. The number of pyridine rings is 1. The number of hydrogen-bond acceptors (Lipinski definition) is 4. The number of nitrogens with two attached hydrogens (primary N) is 1. The van der Waals surface area contributed by atoms with Crippen LogP contribution in [0.4, 0.5) is 0 Å². The van der Waals surface area contributed by atoms with Gasteiger partial charge >= 0.3 is 0 Å². The summed E-state index contributed by atoms with van der Waals surface area (Å²) in [5.74, 6) is 0.936. The number of amidine groups is 1. The van der Waals surface area contributed by atoms with E-state index in [1.54, 1.807) is 24.4 Å². The summed E-state index contributed by atoms with van der Waals surface area (Å²) >= 11 is 0. The van der Waals surface area contributed by atoms with Crippen LogP contribution < -0.4 is 10.5 Å². The first-order valence-electron chi connectivity index (χ1n) is 5.39. The number of benzene rings is 1. The molecule has 0 aliphatic carbocycles. The smallest absolute Gasteiger partial charge is 0.230 e. The molecule has 0 saturated heterocycles. The summed E-state index contributed by atoms with van der Waals surface area (Å²) in [7, 11) is 0. The first-order chi connectivity index (χ1) is 8.72. The van der Waals surface area contributed by atoms with Gasteiger partial charge in [-0.05, 0) is 30.7 Å². The van der Waals surface area contributed by atoms with Crippen molar-refractivity contribution in [3.63, 3.8) is 0 Å². The summed E-state index contributed by atoms with van der Waals surface area (Å²) in [6, 6.07) is 11.0.